The van der Waals surface area contributed by atoms with Crippen molar-refractivity contribution in [2.75, 3.05) is 13.1 Å². The quantitative estimate of drug-likeness (QED) is 0.903. The van der Waals surface area contributed by atoms with E-state index < -0.39 is 15.4 Å². The largest absolute Gasteiger partial charge is 0.342 e. The third kappa shape index (κ3) is 4.68. The number of rotatable bonds is 3. The Morgan fingerprint density at radius 1 is 1.17 bits per heavy atom. The first-order valence-electron chi connectivity index (χ1n) is 7.67. The van der Waals surface area contributed by atoms with Crippen molar-refractivity contribution in [2.45, 2.75) is 44.6 Å². The molecule has 2 rings (SSSR count). The van der Waals surface area contributed by atoms with Crippen LogP contribution in [0.4, 0.5) is 0 Å². The Balaban J connectivity index is 1.96. The number of halogens is 1. The van der Waals surface area contributed by atoms with E-state index in [2.05, 4.69) is 4.72 Å². The van der Waals surface area contributed by atoms with Crippen LogP contribution in [-0.2, 0) is 14.8 Å². The Bertz CT molecular complexity index is 658. The first-order chi connectivity index (χ1) is 10.6. The highest BCUT2D eigenvalue weighted by molar-refractivity contribution is 7.89. The lowest BCUT2D eigenvalue weighted by Crippen LogP contribution is -2.49. The van der Waals surface area contributed by atoms with Gasteiger partial charge in [0.25, 0.3) is 0 Å². The minimum atomic E-state index is -3.55. The zero-order chi connectivity index (χ0) is 17.3. The maximum absolute atomic E-state index is 12.4. The summed E-state index contributed by atoms with van der Waals surface area (Å²) in [5.41, 5.74) is -0.407. The van der Waals surface area contributed by atoms with E-state index in [9.17, 15) is 13.2 Å². The summed E-state index contributed by atoms with van der Waals surface area (Å²) < 4.78 is 27.4. The summed E-state index contributed by atoms with van der Waals surface area (Å²) in [4.78, 5) is 14.3. The smallest absolute Gasteiger partial charge is 0.240 e. The monoisotopic (exact) mass is 358 g/mol. The number of nitrogens with one attached hydrogen (secondary N) is 1. The van der Waals surface area contributed by atoms with Crippen LogP contribution in [0.15, 0.2) is 29.2 Å². The van der Waals surface area contributed by atoms with Crippen molar-refractivity contribution >= 4 is 27.5 Å². The van der Waals surface area contributed by atoms with Crippen molar-refractivity contribution in [3.8, 4) is 0 Å². The Morgan fingerprint density at radius 3 is 2.17 bits per heavy atom. The van der Waals surface area contributed by atoms with E-state index in [4.69, 9.17) is 11.6 Å². The van der Waals surface area contributed by atoms with Gasteiger partial charge in [-0.2, -0.15) is 0 Å². The first-order valence-corrected chi connectivity index (χ1v) is 9.53. The van der Waals surface area contributed by atoms with E-state index >= 15 is 0 Å². The molecule has 0 unspecified atom stereocenters. The minimum Gasteiger partial charge on any atom is -0.342 e. The fourth-order valence-corrected chi connectivity index (χ4v) is 4.01. The Hall–Kier alpha value is -1.11. The molecule has 5 nitrogen and oxygen atoms in total. The summed E-state index contributed by atoms with van der Waals surface area (Å²) in [7, 11) is -3.55. The molecule has 1 aromatic carbocycles. The van der Waals surface area contributed by atoms with Crippen LogP contribution in [0, 0.1) is 5.41 Å². The molecule has 1 aliphatic heterocycles. The van der Waals surface area contributed by atoms with E-state index in [-0.39, 0.29) is 16.8 Å². The second kappa shape index (κ2) is 6.79. The number of hydrogen-bond donors (Lipinski definition) is 1. The summed E-state index contributed by atoms with van der Waals surface area (Å²) in [6, 6.07) is 5.94. The van der Waals surface area contributed by atoms with Crippen LogP contribution in [0.1, 0.15) is 33.6 Å². The predicted molar refractivity (Wildman–Crippen MR) is 90.8 cm³/mol. The molecule has 128 valence electrons. The van der Waals surface area contributed by atoms with Crippen molar-refractivity contribution in [3.63, 3.8) is 0 Å². The van der Waals surface area contributed by atoms with Gasteiger partial charge in [-0.3, -0.25) is 4.79 Å². The third-order valence-electron chi connectivity index (χ3n) is 3.87. The van der Waals surface area contributed by atoms with Gasteiger partial charge in [-0.1, -0.05) is 32.4 Å². The lowest BCUT2D eigenvalue weighted by molar-refractivity contribution is -0.140. The minimum absolute atomic E-state index is 0.108. The average molecular weight is 359 g/mol. The Morgan fingerprint density at radius 2 is 1.70 bits per heavy atom. The topological polar surface area (TPSA) is 66.5 Å². The second-order valence-electron chi connectivity index (χ2n) is 6.89. The molecule has 0 aromatic heterocycles. The number of carbonyl (C=O) groups excluding carboxylic acids is 1. The highest BCUT2D eigenvalue weighted by Gasteiger charge is 2.31. The van der Waals surface area contributed by atoms with Crippen LogP contribution in [0.2, 0.25) is 5.02 Å². The molecule has 0 saturated carbocycles. The van der Waals surface area contributed by atoms with Crippen LogP contribution in [0.25, 0.3) is 0 Å². The Labute approximate surface area is 143 Å². The maximum Gasteiger partial charge on any atom is 0.240 e. The second-order valence-corrected chi connectivity index (χ2v) is 9.04. The van der Waals surface area contributed by atoms with Crippen molar-refractivity contribution in [1.82, 2.24) is 9.62 Å². The molecule has 1 heterocycles. The normalized spacial score (nSPS) is 17.3. The molecule has 1 aromatic rings. The van der Waals surface area contributed by atoms with Gasteiger partial charge in [-0.25, -0.2) is 13.1 Å². The molecular weight excluding hydrogens is 336 g/mol. The van der Waals surface area contributed by atoms with Gasteiger partial charge < -0.3 is 4.90 Å². The number of sulfonamides is 1. The van der Waals surface area contributed by atoms with Gasteiger partial charge in [0.1, 0.15) is 0 Å². The molecule has 1 aliphatic rings. The molecule has 7 heteroatoms. The summed E-state index contributed by atoms with van der Waals surface area (Å²) in [6.07, 6.45) is 1.24. The molecule has 0 spiro atoms. The number of benzene rings is 1. The van der Waals surface area contributed by atoms with Gasteiger partial charge in [0, 0.05) is 29.6 Å². The fraction of sp³-hybridized carbons (Fsp3) is 0.562. The summed E-state index contributed by atoms with van der Waals surface area (Å²) in [6.45, 7) is 6.83. The van der Waals surface area contributed by atoms with Crippen molar-refractivity contribution in [2.24, 2.45) is 5.41 Å². The SMILES string of the molecule is CC(C)(C)C(=O)N1CCC(NS(=O)(=O)c2ccc(Cl)cc2)CC1. The summed E-state index contributed by atoms with van der Waals surface area (Å²) in [5.74, 6) is 0.108. The van der Waals surface area contributed by atoms with E-state index in [0.29, 0.717) is 31.0 Å². The summed E-state index contributed by atoms with van der Waals surface area (Å²) in [5, 5.41) is 0.498. The highest BCUT2D eigenvalue weighted by atomic mass is 35.5. The van der Waals surface area contributed by atoms with Crippen LogP contribution < -0.4 is 4.72 Å². The van der Waals surface area contributed by atoms with Crippen molar-refractivity contribution in [1.29, 1.82) is 0 Å². The van der Waals surface area contributed by atoms with E-state index in [1.54, 1.807) is 12.1 Å². The van der Waals surface area contributed by atoms with Gasteiger partial charge in [0.15, 0.2) is 0 Å². The van der Waals surface area contributed by atoms with E-state index in [0.717, 1.165) is 0 Å². The molecule has 0 bridgehead atoms. The predicted octanol–water partition coefficient (Wildman–Crippen LogP) is 2.66. The number of hydrogen-bond acceptors (Lipinski definition) is 3. The number of amides is 1. The van der Waals surface area contributed by atoms with E-state index in [1.807, 2.05) is 25.7 Å². The fourth-order valence-electron chi connectivity index (χ4n) is 2.58. The zero-order valence-corrected chi connectivity index (χ0v) is 15.2. The molecule has 0 radical (unpaired) electrons. The highest BCUT2D eigenvalue weighted by Crippen LogP contribution is 2.22. The lowest BCUT2D eigenvalue weighted by Gasteiger charge is -2.35. The van der Waals surface area contributed by atoms with Gasteiger partial charge >= 0.3 is 0 Å². The lowest BCUT2D eigenvalue weighted by atomic mass is 9.93. The molecule has 1 N–H and O–H groups in total. The maximum atomic E-state index is 12.4. The van der Waals surface area contributed by atoms with Gasteiger partial charge in [0.2, 0.25) is 15.9 Å². The van der Waals surface area contributed by atoms with Crippen molar-refractivity contribution in [3.05, 3.63) is 29.3 Å². The number of carbonyl (C=O) groups is 1. The third-order valence-corrected chi connectivity index (χ3v) is 5.66. The average Bonchev–Trinajstić information content (AvgIpc) is 2.46. The molecule has 1 saturated heterocycles. The van der Waals surface area contributed by atoms with Crippen molar-refractivity contribution < 1.29 is 13.2 Å². The van der Waals surface area contributed by atoms with Crippen LogP contribution in [0.5, 0.6) is 0 Å². The Kier molecular flexibility index (Phi) is 5.38. The first kappa shape index (κ1) is 18.2. The number of piperidine rings is 1. The molecular formula is C16H23ClN2O3S. The van der Waals surface area contributed by atoms with Gasteiger partial charge in [0.05, 0.1) is 4.90 Å². The molecule has 1 fully saturated rings. The summed E-state index contributed by atoms with van der Waals surface area (Å²) >= 11 is 5.78. The standard InChI is InChI=1S/C16H23ClN2O3S/c1-16(2,3)15(20)19-10-8-13(9-11-19)18-23(21,22)14-6-4-12(17)5-7-14/h4-7,13,18H,8-11H2,1-3H3. The van der Waals surface area contributed by atoms with Crippen LogP contribution in [0.3, 0.4) is 0 Å². The molecule has 23 heavy (non-hydrogen) atoms. The van der Waals surface area contributed by atoms with Gasteiger partial charge in [-0.15, -0.1) is 0 Å². The number of likely N-dealkylation sites (tertiary alicyclic amines) is 1. The van der Waals surface area contributed by atoms with E-state index in [1.165, 1.54) is 12.1 Å². The molecule has 0 aliphatic carbocycles. The van der Waals surface area contributed by atoms with Crippen LogP contribution in [-0.4, -0.2) is 38.4 Å². The van der Waals surface area contributed by atoms with Gasteiger partial charge in [-0.05, 0) is 37.1 Å². The zero-order valence-electron chi connectivity index (χ0n) is 13.7. The van der Waals surface area contributed by atoms with Crippen LogP contribution >= 0.6 is 11.6 Å². The number of nitrogens with zero attached hydrogens (tertiary/aromatic N) is 1. The molecule has 1 amide bonds. The molecule has 0 atom stereocenters.